The van der Waals surface area contributed by atoms with Crippen molar-refractivity contribution in [3.63, 3.8) is 0 Å². The van der Waals surface area contributed by atoms with Gasteiger partial charge in [0.15, 0.2) is 0 Å². The van der Waals surface area contributed by atoms with E-state index in [1.807, 2.05) is 0 Å². The lowest BCUT2D eigenvalue weighted by Gasteiger charge is -2.35. The van der Waals surface area contributed by atoms with Gasteiger partial charge in [0.25, 0.3) is 17.4 Å². The Morgan fingerprint density at radius 3 is 2.75 bits per heavy atom. The smallest absolute Gasteiger partial charge is 0.278 e. The van der Waals surface area contributed by atoms with E-state index in [1.54, 1.807) is 43.4 Å². The van der Waals surface area contributed by atoms with Crippen LogP contribution >= 0.6 is 0 Å². The van der Waals surface area contributed by atoms with E-state index in [0.29, 0.717) is 17.0 Å². The fourth-order valence-electron chi connectivity index (χ4n) is 2.65. The van der Waals surface area contributed by atoms with Gasteiger partial charge in [0.1, 0.15) is 11.6 Å². The molecule has 0 saturated heterocycles. The molecule has 0 saturated carbocycles. The van der Waals surface area contributed by atoms with Crippen LogP contribution in [0.4, 0.5) is 10.1 Å². The summed E-state index contributed by atoms with van der Waals surface area (Å²) in [7, 11) is 1.55. The van der Waals surface area contributed by atoms with Gasteiger partial charge in [-0.3, -0.25) is 9.59 Å². The number of ether oxygens (including phenoxy) is 1. The van der Waals surface area contributed by atoms with Crippen molar-refractivity contribution >= 4 is 17.5 Å². The van der Waals surface area contributed by atoms with Crippen molar-refractivity contribution in [3.8, 4) is 5.75 Å². The average Bonchev–Trinajstić information content (AvgIpc) is 2.55. The molecule has 1 N–H and O–H groups in total. The van der Waals surface area contributed by atoms with Crippen molar-refractivity contribution < 1.29 is 18.7 Å². The van der Waals surface area contributed by atoms with Gasteiger partial charge in [0.2, 0.25) is 0 Å². The van der Waals surface area contributed by atoms with Crippen molar-refractivity contribution in [1.29, 1.82) is 0 Å². The van der Waals surface area contributed by atoms with Crippen LogP contribution in [0.2, 0.25) is 0 Å². The number of halogens is 1. The molecule has 2 aromatic carbocycles. The van der Waals surface area contributed by atoms with Gasteiger partial charge >= 0.3 is 0 Å². The number of fused-ring (bicyclic) bond motifs is 1. The molecule has 0 bridgehead atoms. The standard InChI is InChI=1S/C18H17FN2O3/c1-18(16(22)20-14-8-3-4-9-15(14)24-18)17(23)21(2)11-12-6-5-7-13(19)10-12/h3-10H,11H2,1-2H3,(H,20,22). The van der Waals surface area contributed by atoms with E-state index in [0.717, 1.165) is 0 Å². The van der Waals surface area contributed by atoms with Crippen molar-refractivity contribution in [3.05, 3.63) is 59.9 Å². The summed E-state index contributed by atoms with van der Waals surface area (Å²) in [6, 6.07) is 12.9. The van der Waals surface area contributed by atoms with Crippen molar-refractivity contribution in [2.45, 2.75) is 19.1 Å². The normalized spacial score (nSPS) is 19.0. The highest BCUT2D eigenvalue weighted by molar-refractivity contribution is 6.15. The molecule has 1 unspecified atom stereocenters. The highest BCUT2D eigenvalue weighted by Crippen LogP contribution is 2.34. The number of rotatable bonds is 3. The zero-order valence-corrected chi connectivity index (χ0v) is 13.4. The van der Waals surface area contributed by atoms with Gasteiger partial charge in [0.05, 0.1) is 5.69 Å². The number of hydrogen-bond acceptors (Lipinski definition) is 3. The molecular formula is C18H17FN2O3. The number of nitrogens with one attached hydrogen (secondary N) is 1. The molecule has 6 heteroatoms. The Kier molecular flexibility index (Phi) is 3.97. The van der Waals surface area contributed by atoms with Gasteiger partial charge in [0, 0.05) is 13.6 Å². The van der Waals surface area contributed by atoms with Crippen molar-refractivity contribution in [2.75, 3.05) is 12.4 Å². The Morgan fingerprint density at radius 1 is 1.25 bits per heavy atom. The maximum Gasteiger partial charge on any atom is 0.278 e. The topological polar surface area (TPSA) is 58.6 Å². The first-order chi connectivity index (χ1) is 11.4. The summed E-state index contributed by atoms with van der Waals surface area (Å²) in [5, 5.41) is 2.69. The lowest BCUT2D eigenvalue weighted by atomic mass is 10.0. The number of nitrogens with zero attached hydrogens (tertiary/aromatic N) is 1. The third kappa shape index (κ3) is 2.82. The molecule has 0 radical (unpaired) electrons. The second kappa shape index (κ2) is 5.96. The van der Waals surface area contributed by atoms with Crippen LogP contribution in [0.3, 0.4) is 0 Å². The van der Waals surface area contributed by atoms with Gasteiger partial charge in [-0.15, -0.1) is 0 Å². The highest BCUT2D eigenvalue weighted by atomic mass is 19.1. The van der Waals surface area contributed by atoms with Gasteiger partial charge < -0.3 is 15.0 Å². The first kappa shape index (κ1) is 16.0. The second-order valence-corrected chi connectivity index (χ2v) is 5.88. The molecule has 1 heterocycles. The fourth-order valence-corrected chi connectivity index (χ4v) is 2.65. The summed E-state index contributed by atoms with van der Waals surface area (Å²) in [5.41, 5.74) is -0.511. The van der Waals surface area contributed by atoms with E-state index < -0.39 is 17.4 Å². The Hall–Kier alpha value is -2.89. The highest BCUT2D eigenvalue weighted by Gasteiger charge is 2.48. The molecule has 24 heavy (non-hydrogen) atoms. The molecule has 1 aliphatic heterocycles. The molecule has 2 amide bonds. The number of anilines is 1. The molecule has 124 valence electrons. The van der Waals surface area contributed by atoms with Gasteiger partial charge in [-0.2, -0.15) is 0 Å². The Labute approximate surface area is 139 Å². The molecule has 0 spiro atoms. The van der Waals surface area contributed by atoms with Crippen LogP contribution in [0.5, 0.6) is 5.75 Å². The van der Waals surface area contributed by atoms with E-state index in [-0.39, 0.29) is 12.4 Å². The van der Waals surface area contributed by atoms with Gasteiger partial charge in [-0.25, -0.2) is 4.39 Å². The zero-order chi connectivity index (χ0) is 17.3. The number of amides is 2. The molecule has 1 atom stereocenters. The average molecular weight is 328 g/mol. The number of hydrogen-bond donors (Lipinski definition) is 1. The van der Waals surface area contributed by atoms with E-state index in [4.69, 9.17) is 4.74 Å². The van der Waals surface area contributed by atoms with Crippen LogP contribution in [0.15, 0.2) is 48.5 Å². The number of para-hydroxylation sites is 2. The molecule has 3 rings (SSSR count). The van der Waals surface area contributed by atoms with E-state index in [9.17, 15) is 14.0 Å². The van der Waals surface area contributed by atoms with E-state index in [2.05, 4.69) is 5.32 Å². The number of carbonyl (C=O) groups is 2. The molecule has 0 aromatic heterocycles. The molecule has 0 aliphatic carbocycles. The summed E-state index contributed by atoms with van der Waals surface area (Å²) in [5.74, 6) is -0.969. The van der Waals surface area contributed by atoms with Gasteiger partial charge in [-0.05, 0) is 36.8 Å². The van der Waals surface area contributed by atoms with Crippen LogP contribution in [0.1, 0.15) is 12.5 Å². The molecule has 2 aromatic rings. The summed E-state index contributed by atoms with van der Waals surface area (Å²) in [4.78, 5) is 26.5. The summed E-state index contributed by atoms with van der Waals surface area (Å²) in [6.45, 7) is 1.60. The monoisotopic (exact) mass is 328 g/mol. The summed E-state index contributed by atoms with van der Waals surface area (Å²) < 4.78 is 19.0. The number of benzene rings is 2. The predicted octanol–water partition coefficient (Wildman–Crippen LogP) is 2.57. The third-order valence-electron chi connectivity index (χ3n) is 3.95. The second-order valence-electron chi connectivity index (χ2n) is 5.88. The first-order valence-corrected chi connectivity index (χ1v) is 7.49. The summed E-state index contributed by atoms with van der Waals surface area (Å²) >= 11 is 0. The lowest BCUT2D eigenvalue weighted by Crippen LogP contribution is -2.58. The maximum atomic E-state index is 13.3. The van der Waals surface area contributed by atoms with Crippen LogP contribution < -0.4 is 10.1 Å². The van der Waals surface area contributed by atoms with E-state index >= 15 is 0 Å². The van der Waals surface area contributed by atoms with Gasteiger partial charge in [-0.1, -0.05) is 24.3 Å². The Morgan fingerprint density at radius 2 is 2.00 bits per heavy atom. The molecular weight excluding hydrogens is 311 g/mol. The lowest BCUT2D eigenvalue weighted by molar-refractivity contribution is -0.154. The van der Waals surface area contributed by atoms with Crippen molar-refractivity contribution in [1.82, 2.24) is 4.90 Å². The third-order valence-corrected chi connectivity index (χ3v) is 3.95. The number of likely N-dealkylation sites (N-methyl/N-ethyl adjacent to an activating group) is 1. The minimum absolute atomic E-state index is 0.171. The molecule has 0 fully saturated rings. The minimum Gasteiger partial charge on any atom is -0.466 e. The Bertz CT molecular complexity index is 808. The zero-order valence-electron chi connectivity index (χ0n) is 13.4. The van der Waals surface area contributed by atoms with Crippen LogP contribution in [0, 0.1) is 5.82 Å². The quantitative estimate of drug-likeness (QED) is 0.881. The number of carbonyl (C=O) groups excluding carboxylic acids is 2. The Balaban J connectivity index is 1.82. The maximum absolute atomic E-state index is 13.3. The predicted molar refractivity (Wildman–Crippen MR) is 87.0 cm³/mol. The largest absolute Gasteiger partial charge is 0.466 e. The van der Waals surface area contributed by atoms with Crippen LogP contribution in [-0.4, -0.2) is 29.4 Å². The first-order valence-electron chi connectivity index (χ1n) is 7.49. The van der Waals surface area contributed by atoms with Crippen molar-refractivity contribution in [2.24, 2.45) is 0 Å². The molecule has 5 nitrogen and oxygen atoms in total. The SMILES string of the molecule is CN(Cc1cccc(F)c1)C(=O)C1(C)Oc2ccccc2NC1=O. The van der Waals surface area contributed by atoms with Crippen LogP contribution in [0.25, 0.3) is 0 Å². The van der Waals surface area contributed by atoms with E-state index in [1.165, 1.54) is 24.0 Å². The fraction of sp³-hybridized carbons (Fsp3) is 0.222. The van der Waals surface area contributed by atoms with Crippen LogP contribution in [-0.2, 0) is 16.1 Å². The molecule has 1 aliphatic rings. The minimum atomic E-state index is -1.67. The summed E-state index contributed by atoms with van der Waals surface area (Å²) in [6.07, 6.45) is 0.